The van der Waals surface area contributed by atoms with Crippen LogP contribution in [0.3, 0.4) is 0 Å². The van der Waals surface area contributed by atoms with Gasteiger partial charge in [0.1, 0.15) is 17.3 Å². The van der Waals surface area contributed by atoms with Crippen molar-refractivity contribution in [3.8, 4) is 17.2 Å². The summed E-state index contributed by atoms with van der Waals surface area (Å²) >= 11 is 0. The summed E-state index contributed by atoms with van der Waals surface area (Å²) in [6, 6.07) is 5.80. The normalized spacial score (nSPS) is 20.3. The molecule has 0 N–H and O–H groups in total. The summed E-state index contributed by atoms with van der Waals surface area (Å²) in [5.74, 6) is 3.02. The zero-order chi connectivity index (χ0) is 16.4. The first-order chi connectivity index (χ1) is 11.0. The first kappa shape index (κ1) is 15.9. The van der Waals surface area contributed by atoms with Gasteiger partial charge < -0.3 is 14.2 Å². The molecular weight excluding hydrogens is 292 g/mol. The number of benzene rings is 1. The summed E-state index contributed by atoms with van der Waals surface area (Å²) in [7, 11) is 3.35. The molecule has 5 heteroatoms. The largest absolute Gasteiger partial charge is 0.497 e. The highest BCUT2D eigenvalue weighted by molar-refractivity contribution is 5.52. The van der Waals surface area contributed by atoms with Crippen molar-refractivity contribution in [2.75, 3.05) is 20.8 Å². The van der Waals surface area contributed by atoms with Gasteiger partial charge in [-0.1, -0.05) is 0 Å². The SMILES string of the molecule is COc1ccc(OC)c(-n2ccnc2[C@H]2CCOC(C)(C)C2)c1. The number of nitrogens with zero attached hydrogens (tertiary/aromatic N) is 2. The molecule has 0 radical (unpaired) electrons. The van der Waals surface area contributed by atoms with Gasteiger partial charge in [0.15, 0.2) is 0 Å². The Hall–Kier alpha value is -2.01. The molecule has 23 heavy (non-hydrogen) atoms. The second-order valence-electron chi connectivity index (χ2n) is 6.49. The van der Waals surface area contributed by atoms with Gasteiger partial charge in [-0.25, -0.2) is 4.98 Å². The summed E-state index contributed by atoms with van der Waals surface area (Å²) in [5, 5.41) is 0. The molecule has 1 aromatic carbocycles. The van der Waals surface area contributed by atoms with Crippen molar-refractivity contribution < 1.29 is 14.2 Å². The standard InChI is InChI=1S/C18H24N2O3/c1-18(2)12-13(7-10-23-18)17-19-8-9-20(17)15-11-14(21-3)5-6-16(15)22-4/h5-6,8-9,11,13H,7,10,12H2,1-4H3/t13-/m0/s1. The van der Waals surface area contributed by atoms with Crippen LogP contribution in [-0.2, 0) is 4.74 Å². The lowest BCUT2D eigenvalue weighted by Gasteiger charge is -2.35. The van der Waals surface area contributed by atoms with E-state index < -0.39 is 0 Å². The first-order valence-electron chi connectivity index (χ1n) is 7.93. The predicted molar refractivity (Wildman–Crippen MR) is 88.7 cm³/mol. The van der Waals surface area contributed by atoms with Gasteiger partial charge in [-0.05, 0) is 38.8 Å². The average Bonchev–Trinajstić information content (AvgIpc) is 3.02. The predicted octanol–water partition coefficient (Wildman–Crippen LogP) is 3.56. The van der Waals surface area contributed by atoms with E-state index in [1.165, 1.54) is 0 Å². The van der Waals surface area contributed by atoms with Crippen LogP contribution in [0, 0.1) is 0 Å². The maximum absolute atomic E-state index is 5.84. The van der Waals surface area contributed by atoms with E-state index >= 15 is 0 Å². The summed E-state index contributed by atoms with van der Waals surface area (Å²) in [6.07, 6.45) is 5.76. The number of hydrogen-bond acceptors (Lipinski definition) is 4. The summed E-state index contributed by atoms with van der Waals surface area (Å²) in [6.45, 7) is 5.04. The highest BCUT2D eigenvalue weighted by Gasteiger charge is 2.32. The molecule has 1 saturated heterocycles. The van der Waals surface area contributed by atoms with Crippen LogP contribution in [-0.4, -0.2) is 36.0 Å². The van der Waals surface area contributed by atoms with Crippen molar-refractivity contribution in [2.24, 2.45) is 0 Å². The Bertz CT molecular complexity index is 679. The van der Waals surface area contributed by atoms with Crippen LogP contribution < -0.4 is 9.47 Å². The molecule has 0 bridgehead atoms. The van der Waals surface area contributed by atoms with Crippen molar-refractivity contribution in [1.82, 2.24) is 9.55 Å². The zero-order valence-corrected chi connectivity index (χ0v) is 14.2. The van der Waals surface area contributed by atoms with Crippen molar-refractivity contribution in [2.45, 2.75) is 38.2 Å². The van der Waals surface area contributed by atoms with Crippen molar-refractivity contribution in [3.05, 3.63) is 36.4 Å². The van der Waals surface area contributed by atoms with Gasteiger partial charge in [0.25, 0.3) is 0 Å². The molecule has 3 rings (SSSR count). The minimum Gasteiger partial charge on any atom is -0.497 e. The highest BCUT2D eigenvalue weighted by Crippen LogP contribution is 2.37. The minimum atomic E-state index is -0.113. The Morgan fingerprint density at radius 2 is 2.09 bits per heavy atom. The lowest BCUT2D eigenvalue weighted by atomic mass is 9.87. The fourth-order valence-electron chi connectivity index (χ4n) is 3.26. The summed E-state index contributed by atoms with van der Waals surface area (Å²) in [5.41, 5.74) is 0.835. The molecule has 0 spiro atoms. The van der Waals surface area contributed by atoms with Gasteiger partial charge in [-0.15, -0.1) is 0 Å². The van der Waals surface area contributed by atoms with E-state index in [4.69, 9.17) is 14.2 Å². The van der Waals surface area contributed by atoms with E-state index in [1.54, 1.807) is 14.2 Å². The third-order valence-electron chi connectivity index (χ3n) is 4.38. The van der Waals surface area contributed by atoms with Crippen LogP contribution >= 0.6 is 0 Å². The Morgan fingerprint density at radius 1 is 1.26 bits per heavy atom. The van der Waals surface area contributed by atoms with Crippen LogP contribution in [0.5, 0.6) is 11.5 Å². The molecule has 1 atom stereocenters. The second-order valence-corrected chi connectivity index (χ2v) is 6.49. The van der Waals surface area contributed by atoms with Crippen LogP contribution in [0.15, 0.2) is 30.6 Å². The first-order valence-corrected chi connectivity index (χ1v) is 7.93. The number of aromatic nitrogens is 2. The monoisotopic (exact) mass is 316 g/mol. The number of rotatable bonds is 4. The quantitative estimate of drug-likeness (QED) is 0.865. The molecule has 1 fully saturated rings. The molecule has 0 unspecified atom stereocenters. The average molecular weight is 316 g/mol. The van der Waals surface area contributed by atoms with Crippen LogP contribution in [0.1, 0.15) is 38.4 Å². The van der Waals surface area contributed by atoms with Crippen LogP contribution in [0.2, 0.25) is 0 Å². The van der Waals surface area contributed by atoms with Crippen molar-refractivity contribution in [1.29, 1.82) is 0 Å². The summed E-state index contributed by atoms with van der Waals surface area (Å²) < 4.78 is 18.8. The van der Waals surface area contributed by atoms with Gasteiger partial charge >= 0.3 is 0 Å². The maximum atomic E-state index is 5.84. The molecule has 1 aliphatic rings. The number of hydrogen-bond donors (Lipinski definition) is 0. The molecule has 1 aliphatic heterocycles. The van der Waals surface area contributed by atoms with Crippen LogP contribution in [0.4, 0.5) is 0 Å². The smallest absolute Gasteiger partial charge is 0.143 e. The fraction of sp³-hybridized carbons (Fsp3) is 0.500. The lowest BCUT2D eigenvalue weighted by molar-refractivity contribution is -0.0604. The summed E-state index contributed by atoms with van der Waals surface area (Å²) in [4.78, 5) is 4.62. The molecule has 0 amide bonds. The molecule has 2 aromatic rings. The third-order valence-corrected chi connectivity index (χ3v) is 4.38. The third kappa shape index (κ3) is 3.20. The number of imidazole rings is 1. The number of ether oxygens (including phenoxy) is 3. The lowest BCUT2D eigenvalue weighted by Crippen LogP contribution is -2.33. The van der Waals surface area contributed by atoms with E-state index in [-0.39, 0.29) is 5.60 Å². The van der Waals surface area contributed by atoms with Crippen molar-refractivity contribution in [3.63, 3.8) is 0 Å². The number of methoxy groups -OCH3 is 2. The maximum Gasteiger partial charge on any atom is 0.143 e. The van der Waals surface area contributed by atoms with E-state index in [0.29, 0.717) is 5.92 Å². The van der Waals surface area contributed by atoms with Crippen molar-refractivity contribution >= 4 is 0 Å². The van der Waals surface area contributed by atoms with Crippen LogP contribution in [0.25, 0.3) is 5.69 Å². The Labute approximate surface area is 137 Å². The van der Waals surface area contributed by atoms with Gasteiger partial charge in [0, 0.05) is 31.0 Å². The molecule has 1 aromatic heterocycles. The zero-order valence-electron chi connectivity index (χ0n) is 14.2. The second kappa shape index (κ2) is 6.24. The van der Waals surface area contributed by atoms with Gasteiger partial charge in [-0.2, -0.15) is 0 Å². The van der Waals surface area contributed by atoms with E-state index in [9.17, 15) is 0 Å². The van der Waals surface area contributed by atoms with E-state index in [0.717, 1.165) is 42.5 Å². The Morgan fingerprint density at radius 3 is 2.78 bits per heavy atom. The van der Waals surface area contributed by atoms with Gasteiger partial charge in [-0.3, -0.25) is 4.57 Å². The minimum absolute atomic E-state index is 0.113. The Kier molecular flexibility index (Phi) is 4.31. The highest BCUT2D eigenvalue weighted by atomic mass is 16.5. The Balaban J connectivity index is 2.01. The van der Waals surface area contributed by atoms with E-state index in [1.807, 2.05) is 30.6 Å². The molecule has 5 nitrogen and oxygen atoms in total. The molecule has 124 valence electrons. The molecule has 2 heterocycles. The molecule has 0 aliphatic carbocycles. The van der Waals surface area contributed by atoms with Gasteiger partial charge in [0.05, 0.1) is 25.5 Å². The van der Waals surface area contributed by atoms with Gasteiger partial charge in [0.2, 0.25) is 0 Å². The topological polar surface area (TPSA) is 45.5 Å². The molecule has 0 saturated carbocycles. The molecular formula is C18H24N2O3. The fourth-order valence-corrected chi connectivity index (χ4v) is 3.26. The van der Waals surface area contributed by atoms with E-state index in [2.05, 4.69) is 23.4 Å².